The molecule has 0 bridgehead atoms. The van der Waals surface area contributed by atoms with Crippen LogP contribution in [0.15, 0.2) is 0 Å². The zero-order valence-corrected chi connectivity index (χ0v) is 12.6. The monoisotopic (exact) mass is 249 g/mol. The summed E-state index contributed by atoms with van der Waals surface area (Å²) in [5, 5.41) is 8.17. The van der Waals surface area contributed by atoms with E-state index in [0.29, 0.717) is 18.0 Å². The molecule has 0 aliphatic heterocycles. The van der Waals surface area contributed by atoms with Crippen molar-refractivity contribution >= 4 is 0 Å². The molecule has 1 aliphatic carbocycles. The van der Waals surface area contributed by atoms with E-state index < -0.39 is 0 Å². The minimum absolute atomic E-state index is 0.456. The van der Waals surface area contributed by atoms with Crippen LogP contribution in [0.5, 0.6) is 0 Å². The summed E-state index contributed by atoms with van der Waals surface area (Å²) in [6.07, 6.45) is 2.52. The Morgan fingerprint density at radius 1 is 1.39 bits per heavy atom. The van der Waals surface area contributed by atoms with Crippen molar-refractivity contribution in [2.75, 3.05) is 7.05 Å². The molecule has 3 nitrogen and oxygen atoms in total. The maximum absolute atomic E-state index is 4.73. The van der Waals surface area contributed by atoms with Gasteiger partial charge in [-0.3, -0.25) is 4.68 Å². The lowest BCUT2D eigenvalue weighted by Gasteiger charge is -2.45. The van der Waals surface area contributed by atoms with E-state index in [1.165, 1.54) is 29.8 Å². The van der Waals surface area contributed by atoms with E-state index in [1.54, 1.807) is 0 Å². The lowest BCUT2D eigenvalue weighted by atomic mass is 9.64. The Morgan fingerprint density at radius 2 is 2.06 bits per heavy atom. The smallest absolute Gasteiger partial charge is 0.0631 e. The number of hydrogen-bond donors (Lipinski definition) is 1. The van der Waals surface area contributed by atoms with Crippen LogP contribution in [0.3, 0.4) is 0 Å². The normalized spacial score (nSPS) is 27.6. The van der Waals surface area contributed by atoms with Crippen LogP contribution in [-0.2, 0) is 0 Å². The quantitative estimate of drug-likeness (QED) is 0.888. The SMILES string of the molecule is CCC1C(NC)CC1c1c(C)nn(C(C)C)c1C. The third-order valence-corrected chi connectivity index (χ3v) is 4.62. The third-order valence-electron chi connectivity index (χ3n) is 4.62. The number of hydrogen-bond acceptors (Lipinski definition) is 2. The first-order valence-electron chi connectivity index (χ1n) is 7.24. The molecule has 102 valence electrons. The number of nitrogens with zero attached hydrogens (tertiary/aromatic N) is 2. The molecule has 3 atom stereocenters. The number of nitrogens with one attached hydrogen (secondary N) is 1. The first kappa shape index (κ1) is 13.6. The van der Waals surface area contributed by atoms with Crippen LogP contribution in [-0.4, -0.2) is 22.9 Å². The molecule has 1 N–H and O–H groups in total. The van der Waals surface area contributed by atoms with Crippen molar-refractivity contribution in [2.45, 2.75) is 65.5 Å². The topological polar surface area (TPSA) is 29.9 Å². The van der Waals surface area contributed by atoms with Gasteiger partial charge in [0, 0.05) is 17.8 Å². The Morgan fingerprint density at radius 3 is 2.50 bits per heavy atom. The van der Waals surface area contributed by atoms with E-state index in [2.05, 4.69) is 51.7 Å². The minimum Gasteiger partial charge on any atom is -0.317 e. The van der Waals surface area contributed by atoms with Crippen molar-refractivity contribution in [3.05, 3.63) is 17.0 Å². The van der Waals surface area contributed by atoms with E-state index in [-0.39, 0.29) is 0 Å². The summed E-state index contributed by atoms with van der Waals surface area (Å²) in [5.74, 6) is 1.48. The van der Waals surface area contributed by atoms with Gasteiger partial charge in [0.1, 0.15) is 0 Å². The van der Waals surface area contributed by atoms with Crippen molar-refractivity contribution < 1.29 is 0 Å². The second kappa shape index (κ2) is 5.04. The van der Waals surface area contributed by atoms with Crippen LogP contribution in [0, 0.1) is 19.8 Å². The summed E-state index contributed by atoms with van der Waals surface area (Å²) < 4.78 is 2.18. The lowest BCUT2D eigenvalue weighted by molar-refractivity contribution is 0.168. The van der Waals surface area contributed by atoms with Gasteiger partial charge in [-0.15, -0.1) is 0 Å². The fourth-order valence-corrected chi connectivity index (χ4v) is 3.66. The molecular formula is C15H27N3. The van der Waals surface area contributed by atoms with Gasteiger partial charge in [0.2, 0.25) is 0 Å². The highest BCUT2D eigenvalue weighted by Gasteiger charge is 2.41. The first-order valence-corrected chi connectivity index (χ1v) is 7.24. The van der Waals surface area contributed by atoms with Gasteiger partial charge in [0.05, 0.1) is 5.69 Å². The van der Waals surface area contributed by atoms with Crippen molar-refractivity contribution in [2.24, 2.45) is 5.92 Å². The zero-order chi connectivity index (χ0) is 13.4. The van der Waals surface area contributed by atoms with Crippen LogP contribution < -0.4 is 5.32 Å². The van der Waals surface area contributed by atoms with E-state index in [4.69, 9.17) is 5.10 Å². The molecule has 0 aromatic carbocycles. The number of rotatable bonds is 4. The Kier molecular flexibility index (Phi) is 3.81. The summed E-state index contributed by atoms with van der Waals surface area (Å²) >= 11 is 0. The summed E-state index contributed by atoms with van der Waals surface area (Å²) in [7, 11) is 2.08. The molecular weight excluding hydrogens is 222 g/mol. The molecule has 1 heterocycles. The zero-order valence-electron chi connectivity index (χ0n) is 12.6. The van der Waals surface area contributed by atoms with Crippen LogP contribution in [0.4, 0.5) is 0 Å². The van der Waals surface area contributed by atoms with Crippen LogP contribution in [0.1, 0.15) is 62.5 Å². The molecule has 3 unspecified atom stereocenters. The third kappa shape index (κ3) is 1.99. The molecule has 0 amide bonds. The molecule has 2 rings (SSSR count). The predicted octanol–water partition coefficient (Wildman–Crippen LogP) is 3.18. The van der Waals surface area contributed by atoms with Crippen LogP contribution in [0.25, 0.3) is 0 Å². The van der Waals surface area contributed by atoms with Gasteiger partial charge in [-0.25, -0.2) is 0 Å². The maximum Gasteiger partial charge on any atom is 0.0631 e. The standard InChI is InChI=1S/C15H27N3/c1-7-12-13(8-14(12)16-6)15-10(4)17-18(9(2)3)11(15)5/h9,12-14,16H,7-8H2,1-6H3. The molecule has 1 saturated carbocycles. The van der Waals surface area contributed by atoms with Gasteiger partial charge in [0.15, 0.2) is 0 Å². The maximum atomic E-state index is 4.73. The first-order chi connectivity index (χ1) is 8.51. The molecule has 0 saturated heterocycles. The highest BCUT2D eigenvalue weighted by Crippen LogP contribution is 2.46. The Hall–Kier alpha value is -0.830. The van der Waals surface area contributed by atoms with Crippen LogP contribution in [0.2, 0.25) is 0 Å². The molecule has 18 heavy (non-hydrogen) atoms. The summed E-state index contributed by atoms with van der Waals surface area (Å²) in [6.45, 7) is 11.1. The number of aromatic nitrogens is 2. The average molecular weight is 249 g/mol. The highest BCUT2D eigenvalue weighted by molar-refractivity contribution is 5.33. The van der Waals surface area contributed by atoms with Gasteiger partial charge in [-0.2, -0.15) is 5.10 Å². The lowest BCUT2D eigenvalue weighted by Crippen LogP contribution is -2.47. The molecule has 0 radical (unpaired) electrons. The van der Waals surface area contributed by atoms with Gasteiger partial charge in [-0.05, 0) is 58.6 Å². The molecule has 1 aromatic heterocycles. The van der Waals surface area contributed by atoms with Gasteiger partial charge >= 0.3 is 0 Å². The van der Waals surface area contributed by atoms with Crippen molar-refractivity contribution in [3.8, 4) is 0 Å². The Balaban J connectivity index is 2.30. The largest absolute Gasteiger partial charge is 0.317 e. The molecule has 1 aliphatic rings. The average Bonchev–Trinajstić information content (AvgIpc) is 2.57. The van der Waals surface area contributed by atoms with Gasteiger partial charge in [0.25, 0.3) is 0 Å². The van der Waals surface area contributed by atoms with E-state index in [9.17, 15) is 0 Å². The second-order valence-corrected chi connectivity index (χ2v) is 5.93. The summed E-state index contributed by atoms with van der Waals surface area (Å²) in [5.41, 5.74) is 4.13. The summed E-state index contributed by atoms with van der Waals surface area (Å²) in [6, 6.07) is 1.15. The number of aryl methyl sites for hydroxylation is 1. The molecule has 1 fully saturated rings. The molecule has 1 aromatic rings. The Labute approximate surface area is 111 Å². The van der Waals surface area contributed by atoms with E-state index in [0.717, 1.165) is 5.92 Å². The second-order valence-electron chi connectivity index (χ2n) is 5.93. The fraction of sp³-hybridized carbons (Fsp3) is 0.800. The molecule has 0 spiro atoms. The van der Waals surface area contributed by atoms with Crippen molar-refractivity contribution in [1.29, 1.82) is 0 Å². The minimum atomic E-state index is 0.456. The van der Waals surface area contributed by atoms with E-state index in [1.807, 2.05) is 0 Å². The van der Waals surface area contributed by atoms with Gasteiger partial charge in [-0.1, -0.05) is 13.3 Å². The Bertz CT molecular complexity index is 420. The van der Waals surface area contributed by atoms with E-state index >= 15 is 0 Å². The van der Waals surface area contributed by atoms with Crippen molar-refractivity contribution in [1.82, 2.24) is 15.1 Å². The summed E-state index contributed by atoms with van der Waals surface area (Å²) in [4.78, 5) is 0. The van der Waals surface area contributed by atoms with Crippen molar-refractivity contribution in [3.63, 3.8) is 0 Å². The highest BCUT2D eigenvalue weighted by atomic mass is 15.3. The van der Waals surface area contributed by atoms with Gasteiger partial charge < -0.3 is 5.32 Å². The van der Waals surface area contributed by atoms with Crippen LogP contribution >= 0.6 is 0 Å². The molecule has 3 heteroatoms. The fourth-order valence-electron chi connectivity index (χ4n) is 3.66. The predicted molar refractivity (Wildman–Crippen MR) is 76.1 cm³/mol.